The van der Waals surface area contributed by atoms with Crippen LogP contribution in [0.1, 0.15) is 23.0 Å². The lowest BCUT2D eigenvalue weighted by molar-refractivity contribution is -0.117. The summed E-state index contributed by atoms with van der Waals surface area (Å²) in [5.74, 6) is -1.28. The average Bonchev–Trinajstić information content (AvgIpc) is 3.42. The molecule has 0 saturated carbocycles. The molecule has 138 valence electrons. The van der Waals surface area contributed by atoms with Crippen molar-refractivity contribution in [3.8, 4) is 11.3 Å². The van der Waals surface area contributed by atoms with Gasteiger partial charge >= 0.3 is 5.97 Å². The van der Waals surface area contributed by atoms with E-state index in [0.717, 1.165) is 11.3 Å². The number of amides is 1. The van der Waals surface area contributed by atoms with Gasteiger partial charge in [0.1, 0.15) is 0 Å². The molecule has 4 rings (SSSR count). The van der Waals surface area contributed by atoms with Crippen molar-refractivity contribution in [1.82, 2.24) is 30.3 Å². The Labute approximate surface area is 153 Å². The quantitative estimate of drug-likeness (QED) is 0.526. The number of hydrogen-bond acceptors (Lipinski definition) is 6. The molecule has 0 radical (unpaired) electrons. The molecule has 3 aromatic rings. The molecule has 1 saturated heterocycles. The molecular weight excluding hydrogens is 350 g/mol. The summed E-state index contributed by atoms with van der Waals surface area (Å²) >= 11 is 0. The normalized spacial score (nSPS) is 19.1. The van der Waals surface area contributed by atoms with Crippen molar-refractivity contribution in [2.75, 3.05) is 11.9 Å². The van der Waals surface area contributed by atoms with E-state index in [1.165, 1.54) is 10.9 Å². The number of carboxylic acids is 1. The Bertz CT molecular complexity index is 967. The molecule has 1 aliphatic heterocycles. The number of aromatic carboxylic acids is 1. The smallest absolute Gasteiger partial charge is 0.358 e. The third-order valence-electron chi connectivity index (χ3n) is 4.47. The topological polar surface area (TPSA) is 138 Å². The second-order valence-electron chi connectivity index (χ2n) is 6.27. The zero-order valence-corrected chi connectivity index (χ0v) is 14.2. The van der Waals surface area contributed by atoms with Crippen LogP contribution in [0, 0.1) is 0 Å². The highest BCUT2D eigenvalue weighted by atomic mass is 16.4. The highest BCUT2D eigenvalue weighted by Gasteiger charge is 2.31. The Morgan fingerprint density at radius 3 is 2.96 bits per heavy atom. The van der Waals surface area contributed by atoms with Gasteiger partial charge in [-0.25, -0.2) is 14.5 Å². The van der Waals surface area contributed by atoms with Crippen LogP contribution in [0.25, 0.3) is 11.3 Å². The van der Waals surface area contributed by atoms with Gasteiger partial charge in [-0.3, -0.25) is 4.79 Å². The van der Waals surface area contributed by atoms with Crippen LogP contribution < -0.4 is 10.6 Å². The first-order valence-corrected chi connectivity index (χ1v) is 8.38. The molecule has 1 fully saturated rings. The van der Waals surface area contributed by atoms with Crippen molar-refractivity contribution in [3.63, 3.8) is 0 Å². The minimum Gasteiger partial charge on any atom is -0.476 e. The summed E-state index contributed by atoms with van der Waals surface area (Å²) in [7, 11) is 0. The van der Waals surface area contributed by atoms with E-state index in [1.807, 2.05) is 24.3 Å². The molecule has 1 aliphatic rings. The molecule has 1 aromatic carbocycles. The Balaban J connectivity index is 1.40. The number of carboxylic acid groups (broad SMARTS) is 1. The fourth-order valence-corrected chi connectivity index (χ4v) is 3.08. The number of carbonyl (C=O) groups is 2. The van der Waals surface area contributed by atoms with E-state index >= 15 is 0 Å². The predicted octanol–water partition coefficient (Wildman–Crippen LogP) is 0.908. The molecule has 2 atom stereocenters. The lowest BCUT2D eigenvalue weighted by Crippen LogP contribution is -2.35. The highest BCUT2D eigenvalue weighted by Crippen LogP contribution is 2.23. The molecule has 10 heteroatoms. The van der Waals surface area contributed by atoms with Crippen molar-refractivity contribution >= 4 is 17.6 Å². The average molecular weight is 367 g/mol. The first-order valence-electron chi connectivity index (χ1n) is 8.38. The van der Waals surface area contributed by atoms with Gasteiger partial charge < -0.3 is 20.7 Å². The molecule has 0 spiro atoms. The maximum absolute atomic E-state index is 12.6. The van der Waals surface area contributed by atoms with Gasteiger partial charge in [-0.15, -0.1) is 5.10 Å². The monoisotopic (exact) mass is 367 g/mol. The van der Waals surface area contributed by atoms with Crippen LogP contribution in [-0.4, -0.2) is 54.5 Å². The van der Waals surface area contributed by atoms with Crippen LogP contribution in [0.2, 0.25) is 0 Å². The Hall–Kier alpha value is -3.53. The summed E-state index contributed by atoms with van der Waals surface area (Å²) in [6.45, 7) is 0.509. The number of benzene rings is 1. The summed E-state index contributed by atoms with van der Waals surface area (Å²) in [5, 5.41) is 22.4. The fraction of sp³-hybridized carbons (Fsp3) is 0.235. The SMILES string of the molecule is O=C(O)c1cn([C@@H]2CN[C@H](C(=O)Nc3cccc(-c4cnc[nH]4)c3)C2)nn1. The predicted molar refractivity (Wildman–Crippen MR) is 95.1 cm³/mol. The second kappa shape index (κ2) is 7.00. The third-order valence-corrected chi connectivity index (χ3v) is 4.47. The summed E-state index contributed by atoms with van der Waals surface area (Å²) in [6.07, 6.45) is 5.19. The number of H-pyrrole nitrogens is 1. The van der Waals surface area contributed by atoms with Gasteiger partial charge in [-0.2, -0.15) is 0 Å². The van der Waals surface area contributed by atoms with Crippen molar-refractivity contribution in [2.24, 2.45) is 0 Å². The number of nitrogens with one attached hydrogen (secondary N) is 3. The molecule has 4 N–H and O–H groups in total. The molecule has 1 amide bonds. The first-order chi connectivity index (χ1) is 13.1. The van der Waals surface area contributed by atoms with Crippen LogP contribution in [0.3, 0.4) is 0 Å². The van der Waals surface area contributed by atoms with Gasteiger partial charge in [0, 0.05) is 17.8 Å². The third kappa shape index (κ3) is 3.55. The van der Waals surface area contributed by atoms with Crippen LogP contribution in [0.4, 0.5) is 5.69 Å². The Morgan fingerprint density at radius 2 is 2.22 bits per heavy atom. The number of nitrogens with zero attached hydrogens (tertiary/aromatic N) is 4. The van der Waals surface area contributed by atoms with Gasteiger partial charge in [-0.05, 0) is 18.6 Å². The second-order valence-corrected chi connectivity index (χ2v) is 6.27. The minimum atomic E-state index is -1.13. The molecule has 2 aromatic heterocycles. The van der Waals surface area contributed by atoms with Crippen molar-refractivity contribution < 1.29 is 14.7 Å². The number of imidazole rings is 1. The van der Waals surface area contributed by atoms with E-state index in [1.54, 1.807) is 12.5 Å². The summed E-state index contributed by atoms with van der Waals surface area (Å²) < 4.78 is 1.49. The number of rotatable bonds is 5. The lowest BCUT2D eigenvalue weighted by atomic mass is 10.1. The van der Waals surface area contributed by atoms with Gasteiger partial charge in [0.15, 0.2) is 5.69 Å². The minimum absolute atomic E-state index is 0.112. The molecular formula is C17H17N7O3. The maximum atomic E-state index is 12.6. The van der Waals surface area contributed by atoms with Gasteiger partial charge in [0.25, 0.3) is 0 Å². The summed E-state index contributed by atoms with van der Waals surface area (Å²) in [4.78, 5) is 30.5. The van der Waals surface area contributed by atoms with E-state index in [9.17, 15) is 9.59 Å². The van der Waals surface area contributed by atoms with Crippen molar-refractivity contribution in [3.05, 3.63) is 48.7 Å². The van der Waals surface area contributed by atoms with E-state index < -0.39 is 12.0 Å². The van der Waals surface area contributed by atoms with E-state index in [4.69, 9.17) is 5.11 Å². The van der Waals surface area contributed by atoms with Crippen LogP contribution in [-0.2, 0) is 4.79 Å². The molecule has 3 heterocycles. The highest BCUT2D eigenvalue weighted by molar-refractivity contribution is 5.95. The van der Waals surface area contributed by atoms with Crippen molar-refractivity contribution in [1.29, 1.82) is 0 Å². The van der Waals surface area contributed by atoms with Gasteiger partial charge in [0.2, 0.25) is 5.91 Å². The van der Waals surface area contributed by atoms with Gasteiger partial charge in [0.05, 0.1) is 36.5 Å². The maximum Gasteiger partial charge on any atom is 0.358 e. The zero-order chi connectivity index (χ0) is 18.8. The van der Waals surface area contributed by atoms with Crippen LogP contribution >= 0.6 is 0 Å². The number of aromatic nitrogens is 5. The largest absolute Gasteiger partial charge is 0.476 e. The Morgan fingerprint density at radius 1 is 1.33 bits per heavy atom. The standard InChI is InChI=1S/C17H17N7O3/c25-16(21-11-3-1-2-10(4-11)14-7-18-9-20-14)13-5-12(6-19-13)24-8-15(17(26)27)22-23-24/h1-4,7-9,12-13,19H,5-6H2,(H,18,20)(H,21,25)(H,26,27)/t12-,13-/m0/s1. The number of anilines is 1. The van der Waals surface area contributed by atoms with E-state index in [0.29, 0.717) is 18.7 Å². The number of hydrogen-bond donors (Lipinski definition) is 4. The first kappa shape index (κ1) is 16.9. The number of carbonyl (C=O) groups excluding carboxylic acids is 1. The van der Waals surface area contributed by atoms with Crippen molar-refractivity contribution in [2.45, 2.75) is 18.5 Å². The Kier molecular flexibility index (Phi) is 4.38. The summed E-state index contributed by atoms with van der Waals surface area (Å²) in [6, 6.07) is 6.95. The molecule has 0 unspecified atom stereocenters. The molecule has 10 nitrogen and oxygen atoms in total. The summed E-state index contributed by atoms with van der Waals surface area (Å²) in [5.41, 5.74) is 2.36. The zero-order valence-electron chi connectivity index (χ0n) is 14.2. The van der Waals surface area contributed by atoms with E-state index in [-0.39, 0.29) is 17.6 Å². The van der Waals surface area contributed by atoms with Crippen LogP contribution in [0.15, 0.2) is 43.0 Å². The lowest BCUT2D eigenvalue weighted by Gasteiger charge is -2.12. The van der Waals surface area contributed by atoms with Crippen LogP contribution in [0.5, 0.6) is 0 Å². The molecule has 27 heavy (non-hydrogen) atoms. The van der Waals surface area contributed by atoms with E-state index in [2.05, 4.69) is 30.9 Å². The molecule has 0 aliphatic carbocycles. The van der Waals surface area contributed by atoms with Gasteiger partial charge in [-0.1, -0.05) is 17.3 Å². The fourth-order valence-electron chi connectivity index (χ4n) is 3.08. The number of aromatic amines is 1. The molecule has 0 bridgehead atoms.